The number of nitrogens with zero attached hydrogens (tertiary/aromatic N) is 2. The van der Waals surface area contributed by atoms with Crippen molar-refractivity contribution in [2.45, 2.75) is 31.3 Å². The number of hydrogen-bond donors (Lipinski definition) is 1. The molecular formula is C20H21N3O4S. The first-order valence-electron chi connectivity index (χ1n) is 8.59. The van der Waals surface area contributed by atoms with Crippen molar-refractivity contribution >= 4 is 22.1 Å². The van der Waals surface area contributed by atoms with Crippen LogP contribution in [0.1, 0.15) is 26.3 Å². The van der Waals surface area contributed by atoms with Gasteiger partial charge in [-0.05, 0) is 56.2 Å². The van der Waals surface area contributed by atoms with Crippen LogP contribution in [0.15, 0.2) is 66.1 Å². The summed E-state index contributed by atoms with van der Waals surface area (Å²) >= 11 is 0. The van der Waals surface area contributed by atoms with E-state index in [2.05, 4.69) is 10.2 Å². The fraction of sp³-hybridized carbons (Fsp3) is 0.200. The van der Waals surface area contributed by atoms with Crippen molar-refractivity contribution in [1.29, 1.82) is 0 Å². The van der Waals surface area contributed by atoms with E-state index in [1.54, 1.807) is 63.5 Å². The average Bonchev–Trinajstić information content (AvgIpc) is 3.31. The Kier molecular flexibility index (Phi) is 5.24. The van der Waals surface area contributed by atoms with Crippen molar-refractivity contribution in [2.24, 2.45) is 0 Å². The number of nitrogens with one attached hydrogen (secondary N) is 1. The molecule has 3 rings (SSSR count). The fourth-order valence-corrected chi connectivity index (χ4v) is 3.70. The minimum absolute atomic E-state index is 0.165. The van der Waals surface area contributed by atoms with Crippen LogP contribution >= 0.6 is 0 Å². The highest BCUT2D eigenvalue weighted by Crippen LogP contribution is 2.22. The van der Waals surface area contributed by atoms with E-state index in [-0.39, 0.29) is 4.90 Å². The Balaban J connectivity index is 1.77. The molecule has 0 spiro atoms. The molecule has 0 amide bonds. The van der Waals surface area contributed by atoms with E-state index in [0.29, 0.717) is 5.56 Å². The Labute approximate surface area is 163 Å². The molecule has 0 aliphatic heterocycles. The second-order valence-electron chi connectivity index (χ2n) is 7.16. The molecule has 0 fully saturated rings. The van der Waals surface area contributed by atoms with Crippen LogP contribution in [0.2, 0.25) is 0 Å². The topological polar surface area (TPSA) is 94.1 Å². The molecular weight excluding hydrogens is 378 g/mol. The number of carbonyl (C=O) groups is 1. The minimum Gasteiger partial charge on any atom is -0.457 e. The van der Waals surface area contributed by atoms with Gasteiger partial charge in [0.2, 0.25) is 0 Å². The first kappa shape index (κ1) is 19.6. The van der Waals surface area contributed by atoms with Gasteiger partial charge in [-0.25, -0.2) is 17.2 Å². The first-order valence-corrected chi connectivity index (χ1v) is 10.0. The second kappa shape index (κ2) is 7.47. The Hall–Kier alpha value is -3.13. The van der Waals surface area contributed by atoms with Crippen molar-refractivity contribution in [3.05, 3.63) is 66.8 Å². The molecule has 146 valence electrons. The number of esters is 1. The van der Waals surface area contributed by atoms with Gasteiger partial charge in [0.05, 0.1) is 11.1 Å². The van der Waals surface area contributed by atoms with Gasteiger partial charge in [0.15, 0.2) is 0 Å². The van der Waals surface area contributed by atoms with Gasteiger partial charge >= 0.3 is 5.97 Å². The first-order chi connectivity index (χ1) is 13.1. The second-order valence-corrected chi connectivity index (χ2v) is 9.00. The molecule has 1 N–H and O–H groups in total. The molecule has 0 saturated heterocycles. The zero-order valence-electron chi connectivity index (χ0n) is 15.8. The number of benzene rings is 1. The third kappa shape index (κ3) is 4.58. The standard InChI is InChI=1S/C20H21N3O4S/c1-20(2,3)27-19(24)9-4-15-10-11-23(14-15)28(25,26)18-7-5-16(6-8-18)17-12-21-22-13-17/h4-14H,1-3H3,(H,21,22)/b9-4+. The van der Waals surface area contributed by atoms with Crippen molar-refractivity contribution in [1.82, 2.24) is 14.2 Å². The lowest BCUT2D eigenvalue weighted by Crippen LogP contribution is -2.22. The Morgan fingerprint density at radius 1 is 1.14 bits per heavy atom. The van der Waals surface area contributed by atoms with Gasteiger partial charge in [0.25, 0.3) is 10.0 Å². The molecule has 1 aromatic carbocycles. The fourth-order valence-electron chi connectivity index (χ4n) is 2.49. The molecule has 7 nitrogen and oxygen atoms in total. The highest BCUT2D eigenvalue weighted by Gasteiger charge is 2.17. The van der Waals surface area contributed by atoms with E-state index in [1.165, 1.54) is 24.5 Å². The van der Waals surface area contributed by atoms with Gasteiger partial charge < -0.3 is 4.74 Å². The molecule has 28 heavy (non-hydrogen) atoms. The van der Waals surface area contributed by atoms with Gasteiger partial charge in [0, 0.05) is 30.2 Å². The van der Waals surface area contributed by atoms with E-state index in [4.69, 9.17) is 4.74 Å². The van der Waals surface area contributed by atoms with Gasteiger partial charge in [-0.2, -0.15) is 5.10 Å². The van der Waals surface area contributed by atoms with E-state index in [9.17, 15) is 13.2 Å². The van der Waals surface area contributed by atoms with Crippen LogP contribution in [-0.4, -0.2) is 34.2 Å². The summed E-state index contributed by atoms with van der Waals surface area (Å²) in [5.41, 5.74) is 1.73. The molecule has 0 radical (unpaired) electrons. The van der Waals surface area contributed by atoms with Crippen LogP contribution in [-0.2, 0) is 19.6 Å². The zero-order chi connectivity index (χ0) is 20.4. The van der Waals surface area contributed by atoms with Crippen LogP contribution in [0.3, 0.4) is 0 Å². The van der Waals surface area contributed by atoms with Gasteiger partial charge in [0.1, 0.15) is 5.60 Å². The maximum atomic E-state index is 12.8. The third-order valence-corrected chi connectivity index (χ3v) is 5.42. The number of carbonyl (C=O) groups excluding carboxylic acids is 1. The number of aromatic nitrogens is 3. The molecule has 0 aliphatic rings. The summed E-state index contributed by atoms with van der Waals surface area (Å²) in [5.74, 6) is -0.488. The van der Waals surface area contributed by atoms with Crippen molar-refractivity contribution in [3.63, 3.8) is 0 Å². The average molecular weight is 399 g/mol. The number of ether oxygens (including phenoxy) is 1. The van der Waals surface area contributed by atoms with E-state index in [1.807, 2.05) is 0 Å². The van der Waals surface area contributed by atoms with E-state index < -0.39 is 21.6 Å². The number of H-pyrrole nitrogens is 1. The highest BCUT2D eigenvalue weighted by atomic mass is 32.2. The van der Waals surface area contributed by atoms with E-state index in [0.717, 1.165) is 15.1 Å². The summed E-state index contributed by atoms with van der Waals surface area (Å²) in [6.07, 6.45) is 9.07. The Morgan fingerprint density at radius 3 is 2.46 bits per heavy atom. The summed E-state index contributed by atoms with van der Waals surface area (Å²) in [6, 6.07) is 8.16. The van der Waals surface area contributed by atoms with Crippen LogP contribution in [0.25, 0.3) is 17.2 Å². The lowest BCUT2D eigenvalue weighted by molar-refractivity contribution is -0.148. The SMILES string of the molecule is CC(C)(C)OC(=O)/C=C/c1ccn(S(=O)(=O)c2ccc(-c3cn[nH]c3)cc2)c1. The minimum atomic E-state index is -3.73. The quantitative estimate of drug-likeness (QED) is 0.524. The molecule has 2 heterocycles. The molecule has 0 saturated carbocycles. The molecule has 0 bridgehead atoms. The smallest absolute Gasteiger partial charge is 0.331 e. The van der Waals surface area contributed by atoms with Crippen molar-refractivity contribution in [3.8, 4) is 11.1 Å². The zero-order valence-corrected chi connectivity index (χ0v) is 16.6. The maximum absolute atomic E-state index is 12.8. The van der Waals surface area contributed by atoms with Gasteiger partial charge in [-0.3, -0.25) is 5.10 Å². The third-order valence-electron chi connectivity index (χ3n) is 3.77. The number of aromatic amines is 1. The van der Waals surface area contributed by atoms with Crippen LogP contribution in [0.5, 0.6) is 0 Å². The monoisotopic (exact) mass is 399 g/mol. The molecule has 0 aliphatic carbocycles. The Morgan fingerprint density at radius 2 is 1.86 bits per heavy atom. The van der Waals surface area contributed by atoms with Crippen molar-refractivity contribution < 1.29 is 17.9 Å². The molecule has 0 atom stereocenters. The summed E-state index contributed by atoms with van der Waals surface area (Å²) < 4.78 is 31.9. The summed E-state index contributed by atoms with van der Waals surface area (Å²) in [4.78, 5) is 11.9. The summed E-state index contributed by atoms with van der Waals surface area (Å²) in [6.45, 7) is 5.33. The molecule has 8 heteroatoms. The normalized spacial score (nSPS) is 12.4. The van der Waals surface area contributed by atoms with Crippen LogP contribution in [0.4, 0.5) is 0 Å². The predicted molar refractivity (Wildman–Crippen MR) is 106 cm³/mol. The van der Waals surface area contributed by atoms with Crippen LogP contribution in [0, 0.1) is 0 Å². The lowest BCUT2D eigenvalue weighted by atomic mass is 10.1. The summed E-state index contributed by atoms with van der Waals surface area (Å²) in [7, 11) is -3.73. The molecule has 0 unspecified atom stereocenters. The number of rotatable bonds is 5. The van der Waals surface area contributed by atoms with Gasteiger partial charge in [-0.1, -0.05) is 12.1 Å². The molecule has 2 aromatic heterocycles. The van der Waals surface area contributed by atoms with Crippen molar-refractivity contribution in [2.75, 3.05) is 0 Å². The highest BCUT2D eigenvalue weighted by molar-refractivity contribution is 7.90. The largest absolute Gasteiger partial charge is 0.457 e. The van der Waals surface area contributed by atoms with Gasteiger partial charge in [-0.15, -0.1) is 0 Å². The number of hydrogen-bond acceptors (Lipinski definition) is 5. The maximum Gasteiger partial charge on any atom is 0.331 e. The predicted octanol–water partition coefficient (Wildman–Crippen LogP) is 3.47. The Bertz CT molecular complexity index is 1090. The summed E-state index contributed by atoms with van der Waals surface area (Å²) in [5, 5.41) is 6.60. The molecule has 3 aromatic rings. The van der Waals surface area contributed by atoms with E-state index >= 15 is 0 Å². The van der Waals surface area contributed by atoms with Crippen LogP contribution < -0.4 is 0 Å². The lowest BCUT2D eigenvalue weighted by Gasteiger charge is -2.17.